The van der Waals surface area contributed by atoms with Crippen molar-refractivity contribution >= 4 is 11.9 Å². The van der Waals surface area contributed by atoms with Gasteiger partial charge in [0.05, 0.1) is 0 Å². The highest BCUT2D eigenvalue weighted by Crippen LogP contribution is 2.26. The molecule has 1 aromatic rings. The number of hydrogen-bond donors (Lipinski definition) is 3. The van der Waals surface area contributed by atoms with Crippen molar-refractivity contribution in [3.63, 3.8) is 0 Å². The van der Waals surface area contributed by atoms with Gasteiger partial charge in [-0.2, -0.15) is 0 Å². The standard InChI is InChI=1S/C16H23NO4/c1-8-9(2)11(4)14(12(5)10(8)3)15(19)17-13(6-7-18)16(20)21/h13,18H,6-7H2,1-5H3,(H,17,19)(H,20,21)/t13-/m1/s1. The highest BCUT2D eigenvalue weighted by Gasteiger charge is 2.23. The zero-order chi connectivity index (χ0) is 16.3. The Morgan fingerprint density at radius 2 is 1.38 bits per heavy atom. The Balaban J connectivity index is 3.22. The molecule has 0 radical (unpaired) electrons. The average molecular weight is 293 g/mol. The van der Waals surface area contributed by atoms with Crippen molar-refractivity contribution in [3.05, 3.63) is 33.4 Å². The van der Waals surface area contributed by atoms with Gasteiger partial charge in [0.25, 0.3) is 5.91 Å². The number of aliphatic hydroxyl groups excluding tert-OH is 1. The van der Waals surface area contributed by atoms with E-state index in [1.807, 2.05) is 34.6 Å². The zero-order valence-corrected chi connectivity index (χ0v) is 13.2. The van der Waals surface area contributed by atoms with Crippen LogP contribution in [0.15, 0.2) is 0 Å². The number of carbonyl (C=O) groups excluding carboxylic acids is 1. The predicted molar refractivity (Wildman–Crippen MR) is 80.7 cm³/mol. The maximum Gasteiger partial charge on any atom is 0.326 e. The van der Waals surface area contributed by atoms with E-state index in [4.69, 9.17) is 10.2 Å². The van der Waals surface area contributed by atoms with Gasteiger partial charge in [-0.05, 0) is 62.4 Å². The molecule has 0 aromatic heterocycles. The van der Waals surface area contributed by atoms with Crippen LogP contribution in [0.5, 0.6) is 0 Å². The third-order valence-corrected chi connectivity index (χ3v) is 4.25. The summed E-state index contributed by atoms with van der Waals surface area (Å²) in [6.45, 7) is 9.36. The number of amides is 1. The Morgan fingerprint density at radius 3 is 1.76 bits per heavy atom. The third kappa shape index (κ3) is 3.42. The second-order valence-corrected chi connectivity index (χ2v) is 5.38. The monoisotopic (exact) mass is 293 g/mol. The molecule has 3 N–H and O–H groups in total. The van der Waals surface area contributed by atoms with Gasteiger partial charge in [-0.15, -0.1) is 0 Å². The molecule has 0 heterocycles. The zero-order valence-electron chi connectivity index (χ0n) is 13.2. The van der Waals surface area contributed by atoms with Crippen LogP contribution in [0.4, 0.5) is 0 Å². The van der Waals surface area contributed by atoms with Gasteiger partial charge in [-0.1, -0.05) is 0 Å². The molecule has 0 spiro atoms. The van der Waals surface area contributed by atoms with Gasteiger partial charge >= 0.3 is 5.97 Å². The lowest BCUT2D eigenvalue weighted by molar-refractivity contribution is -0.139. The fraction of sp³-hybridized carbons (Fsp3) is 0.500. The van der Waals surface area contributed by atoms with E-state index < -0.39 is 17.9 Å². The van der Waals surface area contributed by atoms with E-state index in [1.54, 1.807) is 0 Å². The lowest BCUT2D eigenvalue weighted by atomic mass is 9.89. The minimum atomic E-state index is -1.15. The first-order valence-electron chi connectivity index (χ1n) is 6.93. The minimum absolute atomic E-state index is 0.0109. The molecule has 0 unspecified atom stereocenters. The third-order valence-electron chi connectivity index (χ3n) is 4.25. The van der Waals surface area contributed by atoms with E-state index in [-0.39, 0.29) is 13.0 Å². The molecule has 5 heteroatoms. The fourth-order valence-electron chi connectivity index (χ4n) is 2.46. The molecule has 0 aliphatic carbocycles. The Labute approximate surface area is 125 Å². The molecule has 1 rings (SSSR count). The van der Waals surface area contributed by atoms with Crippen molar-refractivity contribution < 1.29 is 19.8 Å². The van der Waals surface area contributed by atoms with E-state index in [2.05, 4.69) is 5.32 Å². The number of carbonyl (C=O) groups is 2. The molecule has 0 saturated heterocycles. The molecule has 21 heavy (non-hydrogen) atoms. The molecular weight excluding hydrogens is 270 g/mol. The van der Waals surface area contributed by atoms with Gasteiger partial charge in [0.1, 0.15) is 6.04 Å². The Bertz CT molecular complexity index is 549. The summed E-state index contributed by atoms with van der Waals surface area (Å²) < 4.78 is 0. The molecule has 5 nitrogen and oxygen atoms in total. The van der Waals surface area contributed by atoms with Crippen LogP contribution >= 0.6 is 0 Å². The first kappa shape index (κ1) is 17.2. The maximum atomic E-state index is 12.4. The summed E-state index contributed by atoms with van der Waals surface area (Å²) in [5.74, 6) is -1.55. The van der Waals surface area contributed by atoms with E-state index in [0.29, 0.717) is 5.56 Å². The molecule has 0 aliphatic heterocycles. The Hall–Kier alpha value is -1.88. The molecule has 1 atom stereocenters. The summed E-state index contributed by atoms with van der Waals surface area (Å²) in [7, 11) is 0. The maximum absolute atomic E-state index is 12.4. The average Bonchev–Trinajstić information content (AvgIpc) is 2.42. The molecular formula is C16H23NO4. The van der Waals surface area contributed by atoms with E-state index in [9.17, 15) is 9.59 Å². The van der Waals surface area contributed by atoms with Crippen LogP contribution in [0.2, 0.25) is 0 Å². The van der Waals surface area contributed by atoms with Crippen molar-refractivity contribution in [2.24, 2.45) is 0 Å². The number of rotatable bonds is 5. The van der Waals surface area contributed by atoms with Gasteiger partial charge in [-0.25, -0.2) is 4.79 Å². The lowest BCUT2D eigenvalue weighted by Gasteiger charge is -2.20. The molecule has 1 aromatic carbocycles. The quantitative estimate of drug-likeness (QED) is 0.772. The number of hydrogen-bond acceptors (Lipinski definition) is 3. The van der Waals surface area contributed by atoms with E-state index in [0.717, 1.165) is 27.8 Å². The normalized spacial score (nSPS) is 12.1. The molecule has 0 saturated carbocycles. The van der Waals surface area contributed by atoms with Crippen LogP contribution in [-0.2, 0) is 4.79 Å². The largest absolute Gasteiger partial charge is 0.480 e. The van der Waals surface area contributed by atoms with Crippen molar-refractivity contribution in [2.75, 3.05) is 6.61 Å². The number of carboxylic acid groups (broad SMARTS) is 1. The molecule has 0 fully saturated rings. The number of benzene rings is 1. The van der Waals surface area contributed by atoms with Crippen LogP contribution in [0.25, 0.3) is 0 Å². The lowest BCUT2D eigenvalue weighted by Crippen LogP contribution is -2.42. The van der Waals surface area contributed by atoms with Crippen LogP contribution in [0.1, 0.15) is 44.6 Å². The number of carboxylic acids is 1. The summed E-state index contributed by atoms with van der Waals surface area (Å²) in [6.07, 6.45) is -0.0109. The first-order valence-corrected chi connectivity index (χ1v) is 6.93. The van der Waals surface area contributed by atoms with Crippen molar-refractivity contribution in [1.29, 1.82) is 0 Å². The van der Waals surface area contributed by atoms with Crippen LogP contribution in [0.3, 0.4) is 0 Å². The number of nitrogens with one attached hydrogen (secondary N) is 1. The number of aliphatic carboxylic acids is 1. The molecule has 1 amide bonds. The summed E-state index contributed by atoms with van der Waals surface area (Å²) in [4.78, 5) is 23.5. The SMILES string of the molecule is Cc1c(C)c(C)c(C(=O)N[C@H](CCO)C(=O)O)c(C)c1C. The van der Waals surface area contributed by atoms with Gasteiger partial charge in [0.15, 0.2) is 0 Å². The topological polar surface area (TPSA) is 86.6 Å². The van der Waals surface area contributed by atoms with Crippen molar-refractivity contribution in [3.8, 4) is 0 Å². The van der Waals surface area contributed by atoms with Gasteiger partial charge in [0, 0.05) is 18.6 Å². The van der Waals surface area contributed by atoms with Crippen molar-refractivity contribution in [2.45, 2.75) is 47.1 Å². The van der Waals surface area contributed by atoms with Crippen LogP contribution in [0, 0.1) is 34.6 Å². The Morgan fingerprint density at radius 1 is 0.952 bits per heavy atom. The summed E-state index contributed by atoms with van der Waals surface area (Å²) in [5.41, 5.74) is 5.48. The highest BCUT2D eigenvalue weighted by molar-refractivity contribution is 5.99. The minimum Gasteiger partial charge on any atom is -0.480 e. The Kier molecular flexibility index (Phi) is 5.49. The fourth-order valence-corrected chi connectivity index (χ4v) is 2.46. The predicted octanol–water partition coefficient (Wildman–Crippen LogP) is 1.79. The smallest absolute Gasteiger partial charge is 0.326 e. The van der Waals surface area contributed by atoms with Gasteiger partial charge < -0.3 is 15.5 Å². The number of aliphatic hydroxyl groups is 1. The van der Waals surface area contributed by atoms with Crippen LogP contribution < -0.4 is 5.32 Å². The second kappa shape index (κ2) is 6.72. The van der Waals surface area contributed by atoms with E-state index in [1.165, 1.54) is 0 Å². The molecule has 0 bridgehead atoms. The second-order valence-electron chi connectivity index (χ2n) is 5.38. The summed E-state index contributed by atoms with van der Waals surface area (Å²) >= 11 is 0. The molecule has 0 aliphatic rings. The highest BCUT2D eigenvalue weighted by atomic mass is 16.4. The van der Waals surface area contributed by atoms with Gasteiger partial charge in [0.2, 0.25) is 0 Å². The van der Waals surface area contributed by atoms with Crippen LogP contribution in [-0.4, -0.2) is 34.7 Å². The molecule has 116 valence electrons. The summed E-state index contributed by atoms with van der Waals surface area (Å²) in [6, 6.07) is -1.08. The first-order chi connectivity index (χ1) is 9.72. The van der Waals surface area contributed by atoms with E-state index >= 15 is 0 Å². The van der Waals surface area contributed by atoms with Gasteiger partial charge in [-0.3, -0.25) is 4.79 Å². The van der Waals surface area contributed by atoms with Crippen molar-refractivity contribution in [1.82, 2.24) is 5.32 Å². The summed E-state index contributed by atoms with van der Waals surface area (Å²) in [5, 5.41) is 20.4.